The highest BCUT2D eigenvalue weighted by molar-refractivity contribution is 5.79. The van der Waals surface area contributed by atoms with Gasteiger partial charge in [0.1, 0.15) is 0 Å². The Morgan fingerprint density at radius 1 is 1.11 bits per heavy atom. The molecule has 2 saturated carbocycles. The van der Waals surface area contributed by atoms with Gasteiger partial charge >= 0.3 is 0 Å². The van der Waals surface area contributed by atoms with Crippen LogP contribution in [0.5, 0.6) is 0 Å². The second-order valence-electron chi connectivity index (χ2n) is 10.1. The Bertz CT molecular complexity index is 727. The minimum Gasteiger partial charge on any atom is -0.381 e. The summed E-state index contributed by atoms with van der Waals surface area (Å²) in [5, 5.41) is 3.58. The molecule has 1 N–H and O–H groups in total. The van der Waals surface area contributed by atoms with Crippen LogP contribution in [0, 0.1) is 28.6 Å². The lowest BCUT2D eigenvalue weighted by Crippen LogP contribution is -2.59. The fourth-order valence-corrected chi connectivity index (χ4v) is 6.98. The Hall–Kier alpha value is -1.39. The summed E-state index contributed by atoms with van der Waals surface area (Å²) in [6, 6.07) is 11.0. The predicted octanol–water partition coefficient (Wildman–Crippen LogP) is 4.11. The molecule has 4 fully saturated rings. The van der Waals surface area contributed by atoms with E-state index in [4.69, 9.17) is 9.47 Å². The second-order valence-corrected chi connectivity index (χ2v) is 10.1. The van der Waals surface area contributed by atoms with Crippen LogP contribution in [0.2, 0.25) is 0 Å². The first kappa shape index (κ1) is 18.6. The van der Waals surface area contributed by atoms with Gasteiger partial charge in [-0.25, -0.2) is 0 Å². The first-order valence-electron chi connectivity index (χ1n) is 11.1. The van der Waals surface area contributed by atoms with E-state index in [0.29, 0.717) is 25.0 Å². The van der Waals surface area contributed by atoms with Gasteiger partial charge in [-0.15, -0.1) is 0 Å². The molecule has 2 bridgehead atoms. The third-order valence-electron chi connectivity index (χ3n) is 8.51. The Labute approximate surface area is 168 Å². The van der Waals surface area contributed by atoms with Gasteiger partial charge in [0.15, 0.2) is 0 Å². The third kappa shape index (κ3) is 2.75. The molecule has 2 heterocycles. The van der Waals surface area contributed by atoms with Crippen LogP contribution in [0.4, 0.5) is 0 Å². The SMILES string of the molecule is CC1(C)[C@@H]2C[C@@H]3[C@@H](c4ccccc4)OCCC3(C2)[C@H]1NC(=O)C1CCOCC1. The first-order valence-corrected chi connectivity index (χ1v) is 11.1. The molecule has 2 aliphatic carbocycles. The van der Waals surface area contributed by atoms with Gasteiger partial charge in [-0.05, 0) is 60.3 Å². The van der Waals surface area contributed by atoms with E-state index in [9.17, 15) is 4.79 Å². The summed E-state index contributed by atoms with van der Waals surface area (Å²) in [6.07, 6.45) is 5.40. The van der Waals surface area contributed by atoms with E-state index in [0.717, 1.165) is 25.9 Å². The summed E-state index contributed by atoms with van der Waals surface area (Å²) < 4.78 is 11.8. The number of amides is 1. The molecular weight excluding hydrogens is 350 g/mol. The zero-order valence-corrected chi connectivity index (χ0v) is 17.2. The van der Waals surface area contributed by atoms with Gasteiger partial charge < -0.3 is 14.8 Å². The number of hydrogen-bond acceptors (Lipinski definition) is 3. The van der Waals surface area contributed by atoms with E-state index in [1.54, 1.807) is 0 Å². The minimum atomic E-state index is 0.114. The lowest BCUT2D eigenvalue weighted by atomic mass is 9.58. The van der Waals surface area contributed by atoms with Crippen LogP contribution in [-0.4, -0.2) is 31.8 Å². The maximum atomic E-state index is 13.1. The van der Waals surface area contributed by atoms with Crippen molar-refractivity contribution in [2.75, 3.05) is 19.8 Å². The monoisotopic (exact) mass is 383 g/mol. The topological polar surface area (TPSA) is 47.6 Å². The van der Waals surface area contributed by atoms with Crippen molar-refractivity contribution in [3.8, 4) is 0 Å². The van der Waals surface area contributed by atoms with Crippen LogP contribution in [-0.2, 0) is 14.3 Å². The highest BCUT2D eigenvalue weighted by atomic mass is 16.5. The van der Waals surface area contributed by atoms with E-state index in [1.165, 1.54) is 18.4 Å². The van der Waals surface area contributed by atoms with Crippen molar-refractivity contribution < 1.29 is 14.3 Å². The van der Waals surface area contributed by atoms with Gasteiger partial charge in [-0.2, -0.15) is 0 Å². The van der Waals surface area contributed by atoms with Crippen molar-refractivity contribution in [2.45, 2.75) is 58.1 Å². The van der Waals surface area contributed by atoms with Gasteiger partial charge in [-0.3, -0.25) is 4.79 Å². The van der Waals surface area contributed by atoms with Crippen molar-refractivity contribution in [3.63, 3.8) is 0 Å². The molecule has 4 aliphatic rings. The molecule has 2 aliphatic heterocycles. The molecule has 5 rings (SSSR count). The van der Waals surface area contributed by atoms with Crippen molar-refractivity contribution in [3.05, 3.63) is 35.9 Å². The standard InChI is InChI=1S/C24H33NO3/c1-23(2)18-14-19-20(16-6-4-3-5-7-16)28-13-10-24(19,15-18)22(23)25-21(26)17-8-11-27-12-9-17/h3-7,17-20,22H,8-15H2,1-2H3,(H,25,26)/t18-,19-,20-,22+,24?/m1/s1. The molecule has 4 nitrogen and oxygen atoms in total. The molecule has 1 aromatic rings. The summed E-state index contributed by atoms with van der Waals surface area (Å²) in [5.41, 5.74) is 1.62. The molecule has 1 spiro atoms. The zero-order valence-electron chi connectivity index (χ0n) is 17.2. The van der Waals surface area contributed by atoms with Gasteiger partial charge in [0.2, 0.25) is 5.91 Å². The average Bonchev–Trinajstić information content (AvgIpc) is 3.21. The number of carbonyl (C=O) groups excluding carboxylic acids is 1. The zero-order chi connectivity index (χ0) is 19.4. The summed E-state index contributed by atoms with van der Waals surface area (Å²) in [7, 11) is 0. The molecule has 0 aromatic heterocycles. The van der Waals surface area contributed by atoms with Crippen molar-refractivity contribution in [2.24, 2.45) is 28.6 Å². The van der Waals surface area contributed by atoms with Gasteiger partial charge in [0.25, 0.3) is 0 Å². The Balaban J connectivity index is 1.43. The quantitative estimate of drug-likeness (QED) is 0.854. The van der Waals surface area contributed by atoms with Crippen LogP contribution in [0.15, 0.2) is 30.3 Å². The van der Waals surface area contributed by atoms with E-state index in [-0.39, 0.29) is 34.8 Å². The van der Waals surface area contributed by atoms with E-state index < -0.39 is 0 Å². The average molecular weight is 384 g/mol. The number of benzene rings is 1. The predicted molar refractivity (Wildman–Crippen MR) is 108 cm³/mol. The molecule has 152 valence electrons. The Morgan fingerprint density at radius 3 is 2.61 bits per heavy atom. The number of carbonyl (C=O) groups is 1. The molecular formula is C24H33NO3. The lowest BCUT2D eigenvalue weighted by Gasteiger charge is -2.53. The van der Waals surface area contributed by atoms with Crippen molar-refractivity contribution in [1.82, 2.24) is 5.32 Å². The maximum Gasteiger partial charge on any atom is 0.223 e. The fraction of sp³-hybridized carbons (Fsp3) is 0.708. The van der Waals surface area contributed by atoms with E-state index in [1.807, 2.05) is 0 Å². The third-order valence-corrected chi connectivity index (χ3v) is 8.51. The summed E-state index contributed by atoms with van der Waals surface area (Å²) in [5.74, 6) is 1.53. The van der Waals surface area contributed by atoms with Gasteiger partial charge in [0.05, 0.1) is 6.10 Å². The second kappa shape index (κ2) is 6.84. The Morgan fingerprint density at radius 2 is 1.86 bits per heavy atom. The Kier molecular flexibility index (Phi) is 4.55. The van der Waals surface area contributed by atoms with Crippen LogP contribution in [0.3, 0.4) is 0 Å². The van der Waals surface area contributed by atoms with Gasteiger partial charge in [0, 0.05) is 31.8 Å². The lowest BCUT2D eigenvalue weighted by molar-refractivity contribution is -0.141. The molecule has 1 unspecified atom stereocenters. The van der Waals surface area contributed by atoms with Crippen LogP contribution < -0.4 is 5.32 Å². The molecule has 2 saturated heterocycles. The largest absolute Gasteiger partial charge is 0.381 e. The van der Waals surface area contributed by atoms with E-state index >= 15 is 0 Å². The van der Waals surface area contributed by atoms with Crippen LogP contribution >= 0.6 is 0 Å². The maximum absolute atomic E-state index is 13.1. The summed E-state index contributed by atoms with van der Waals surface area (Å²) >= 11 is 0. The smallest absolute Gasteiger partial charge is 0.223 e. The van der Waals surface area contributed by atoms with Gasteiger partial charge in [-0.1, -0.05) is 44.2 Å². The number of fused-ring (bicyclic) bond motifs is 1. The molecule has 28 heavy (non-hydrogen) atoms. The van der Waals surface area contributed by atoms with Crippen molar-refractivity contribution >= 4 is 5.91 Å². The molecule has 5 atom stereocenters. The molecule has 4 heteroatoms. The molecule has 0 radical (unpaired) electrons. The number of nitrogens with one attached hydrogen (secondary N) is 1. The molecule has 1 amide bonds. The summed E-state index contributed by atoms with van der Waals surface area (Å²) in [4.78, 5) is 13.1. The number of hydrogen-bond donors (Lipinski definition) is 1. The van der Waals surface area contributed by atoms with E-state index in [2.05, 4.69) is 49.5 Å². The minimum absolute atomic E-state index is 0.114. The van der Waals surface area contributed by atoms with Crippen LogP contribution in [0.25, 0.3) is 0 Å². The first-order chi connectivity index (χ1) is 13.5. The number of rotatable bonds is 3. The normalized spacial score (nSPS) is 39.5. The number of ether oxygens (including phenoxy) is 2. The van der Waals surface area contributed by atoms with Crippen LogP contribution in [0.1, 0.15) is 57.6 Å². The highest BCUT2D eigenvalue weighted by Crippen LogP contribution is 2.70. The highest BCUT2D eigenvalue weighted by Gasteiger charge is 2.68. The summed E-state index contributed by atoms with van der Waals surface area (Å²) in [6.45, 7) is 6.98. The van der Waals surface area contributed by atoms with Crippen molar-refractivity contribution in [1.29, 1.82) is 0 Å². The molecule has 1 aromatic carbocycles. The fourth-order valence-electron chi connectivity index (χ4n) is 6.98.